The molecule has 0 aliphatic rings. The van der Waals surface area contributed by atoms with Crippen molar-refractivity contribution < 1.29 is 14.3 Å². The molecule has 29 heavy (non-hydrogen) atoms. The van der Waals surface area contributed by atoms with Gasteiger partial charge in [-0.3, -0.25) is 4.79 Å². The molecule has 0 saturated carbocycles. The number of hydrogen-bond donors (Lipinski definition) is 1. The molecule has 2 aromatic rings. The van der Waals surface area contributed by atoms with E-state index in [1.54, 1.807) is 31.4 Å². The van der Waals surface area contributed by atoms with E-state index in [9.17, 15) is 4.79 Å². The van der Waals surface area contributed by atoms with Gasteiger partial charge in [0, 0.05) is 18.0 Å². The Bertz CT molecular complexity index is 894. The van der Waals surface area contributed by atoms with E-state index in [2.05, 4.69) is 17.2 Å². The molecule has 5 heteroatoms. The summed E-state index contributed by atoms with van der Waals surface area (Å²) < 4.78 is 11.0. The van der Waals surface area contributed by atoms with Gasteiger partial charge in [-0.05, 0) is 47.7 Å². The van der Waals surface area contributed by atoms with E-state index >= 15 is 0 Å². The van der Waals surface area contributed by atoms with Crippen LogP contribution in [0.15, 0.2) is 42.5 Å². The van der Waals surface area contributed by atoms with Crippen LogP contribution in [0.3, 0.4) is 0 Å². The first-order chi connectivity index (χ1) is 14.1. The highest BCUT2D eigenvalue weighted by molar-refractivity contribution is 6.30. The first kappa shape index (κ1) is 22.4. The molecule has 0 heterocycles. The maximum absolute atomic E-state index is 12.6. The molecule has 0 aliphatic carbocycles. The zero-order chi connectivity index (χ0) is 21.1. The van der Waals surface area contributed by atoms with Crippen molar-refractivity contribution in [1.29, 1.82) is 0 Å². The van der Waals surface area contributed by atoms with Crippen LogP contribution in [0, 0.1) is 24.7 Å². The number of carbonyl (C=O) groups is 1. The SMILES string of the molecule is C#CCCc1ccc(CCNC(=O)C(OCC#C)c2ccc(Cl)cc2)cc1OC. The summed E-state index contributed by atoms with van der Waals surface area (Å²) in [6.45, 7) is 0.492. The molecule has 150 valence electrons. The molecule has 2 aromatic carbocycles. The van der Waals surface area contributed by atoms with E-state index in [-0.39, 0.29) is 12.5 Å². The number of aryl methyl sites for hydroxylation is 1. The number of rotatable bonds is 10. The summed E-state index contributed by atoms with van der Waals surface area (Å²) in [7, 11) is 1.64. The van der Waals surface area contributed by atoms with E-state index in [0.29, 0.717) is 30.0 Å². The normalized spacial score (nSPS) is 11.2. The lowest BCUT2D eigenvalue weighted by atomic mass is 10.0. The molecule has 0 aliphatic heterocycles. The number of terminal acetylenes is 2. The summed E-state index contributed by atoms with van der Waals surface area (Å²) in [4.78, 5) is 12.6. The van der Waals surface area contributed by atoms with Gasteiger partial charge < -0.3 is 14.8 Å². The molecule has 0 bridgehead atoms. The van der Waals surface area contributed by atoms with Crippen molar-refractivity contribution in [2.24, 2.45) is 0 Å². The minimum atomic E-state index is -0.788. The second-order valence-electron chi connectivity index (χ2n) is 6.34. The van der Waals surface area contributed by atoms with Crippen LogP contribution in [0.2, 0.25) is 5.02 Å². The molecule has 1 atom stereocenters. The van der Waals surface area contributed by atoms with Gasteiger partial charge >= 0.3 is 0 Å². The number of halogens is 1. The van der Waals surface area contributed by atoms with Crippen LogP contribution >= 0.6 is 11.6 Å². The van der Waals surface area contributed by atoms with Crippen molar-refractivity contribution in [3.8, 4) is 30.4 Å². The Balaban J connectivity index is 1.98. The van der Waals surface area contributed by atoms with Crippen molar-refractivity contribution in [2.75, 3.05) is 20.3 Å². The average molecular weight is 410 g/mol. The van der Waals surface area contributed by atoms with Crippen LogP contribution in [0.5, 0.6) is 5.75 Å². The molecule has 0 saturated heterocycles. The predicted molar refractivity (Wildman–Crippen MR) is 116 cm³/mol. The number of hydrogen-bond acceptors (Lipinski definition) is 3. The molecule has 0 radical (unpaired) electrons. The number of benzene rings is 2. The quantitative estimate of drug-likeness (QED) is 0.604. The Morgan fingerprint density at radius 2 is 1.90 bits per heavy atom. The summed E-state index contributed by atoms with van der Waals surface area (Å²) in [6, 6.07) is 12.9. The molecule has 1 N–H and O–H groups in total. The van der Waals surface area contributed by atoms with E-state index in [4.69, 9.17) is 33.9 Å². The van der Waals surface area contributed by atoms with Crippen LogP contribution in [0.4, 0.5) is 0 Å². The standard InChI is InChI=1S/C24H24ClNO3/c1-4-6-7-19-9-8-18(17-22(19)28-3)14-15-26-24(27)23(29-16-5-2)20-10-12-21(25)13-11-20/h1-2,8-13,17,23H,6-7,14-16H2,3H3,(H,26,27). The molecule has 4 nitrogen and oxygen atoms in total. The van der Waals surface area contributed by atoms with Crippen molar-refractivity contribution in [2.45, 2.75) is 25.4 Å². The third-order valence-corrected chi connectivity index (χ3v) is 4.60. The minimum Gasteiger partial charge on any atom is -0.496 e. The second kappa shape index (κ2) is 11.8. The maximum atomic E-state index is 12.6. The fourth-order valence-corrected chi connectivity index (χ4v) is 3.00. The maximum Gasteiger partial charge on any atom is 0.253 e. The zero-order valence-corrected chi connectivity index (χ0v) is 17.2. The first-order valence-electron chi connectivity index (χ1n) is 9.26. The van der Waals surface area contributed by atoms with Crippen molar-refractivity contribution >= 4 is 17.5 Å². The van der Waals surface area contributed by atoms with Gasteiger partial charge in [0.2, 0.25) is 0 Å². The smallest absolute Gasteiger partial charge is 0.253 e. The third-order valence-electron chi connectivity index (χ3n) is 4.35. The van der Waals surface area contributed by atoms with E-state index in [0.717, 1.165) is 23.3 Å². The van der Waals surface area contributed by atoms with E-state index in [1.807, 2.05) is 18.2 Å². The Morgan fingerprint density at radius 3 is 2.55 bits per heavy atom. The molecule has 0 fully saturated rings. The highest BCUT2D eigenvalue weighted by atomic mass is 35.5. The minimum absolute atomic E-state index is 0.0387. The molecule has 2 rings (SSSR count). The summed E-state index contributed by atoms with van der Waals surface area (Å²) in [5.41, 5.74) is 2.82. The fraction of sp³-hybridized carbons (Fsp3) is 0.292. The molecular formula is C24H24ClNO3. The molecule has 1 unspecified atom stereocenters. The molecular weight excluding hydrogens is 386 g/mol. The summed E-state index contributed by atoms with van der Waals surface area (Å²) in [5, 5.41) is 3.49. The number of methoxy groups -OCH3 is 1. The van der Waals surface area contributed by atoms with E-state index < -0.39 is 6.10 Å². The fourth-order valence-electron chi connectivity index (χ4n) is 2.87. The van der Waals surface area contributed by atoms with Crippen molar-refractivity contribution in [1.82, 2.24) is 5.32 Å². The third kappa shape index (κ3) is 6.88. The van der Waals surface area contributed by atoms with Gasteiger partial charge in [0.05, 0.1) is 7.11 Å². The monoisotopic (exact) mass is 409 g/mol. The van der Waals surface area contributed by atoms with Gasteiger partial charge in [-0.15, -0.1) is 18.8 Å². The number of nitrogens with one attached hydrogen (secondary N) is 1. The number of amides is 1. The van der Waals surface area contributed by atoms with Gasteiger partial charge in [-0.2, -0.15) is 0 Å². The zero-order valence-electron chi connectivity index (χ0n) is 16.4. The second-order valence-corrected chi connectivity index (χ2v) is 6.77. The summed E-state index contributed by atoms with van der Waals surface area (Å²) in [6.07, 6.45) is 11.9. The lowest BCUT2D eigenvalue weighted by molar-refractivity contribution is -0.132. The first-order valence-corrected chi connectivity index (χ1v) is 9.64. The largest absolute Gasteiger partial charge is 0.496 e. The van der Waals surface area contributed by atoms with Gasteiger partial charge in [0.1, 0.15) is 12.4 Å². The van der Waals surface area contributed by atoms with Crippen LogP contribution in [0.25, 0.3) is 0 Å². The highest BCUT2D eigenvalue weighted by Gasteiger charge is 2.20. The van der Waals surface area contributed by atoms with Crippen LogP contribution in [-0.4, -0.2) is 26.2 Å². The van der Waals surface area contributed by atoms with Gasteiger partial charge in [0.25, 0.3) is 5.91 Å². The Kier molecular flexibility index (Phi) is 9.12. The Labute approximate surface area is 177 Å². The Hall–Kier alpha value is -2.92. The lowest BCUT2D eigenvalue weighted by Gasteiger charge is -2.17. The predicted octanol–water partition coefficient (Wildman–Crippen LogP) is 3.96. The average Bonchev–Trinajstić information content (AvgIpc) is 2.74. The van der Waals surface area contributed by atoms with Crippen LogP contribution in [0.1, 0.15) is 29.2 Å². The van der Waals surface area contributed by atoms with Gasteiger partial charge in [-0.25, -0.2) is 0 Å². The van der Waals surface area contributed by atoms with Gasteiger partial charge in [0.15, 0.2) is 6.10 Å². The molecule has 0 aromatic heterocycles. The van der Waals surface area contributed by atoms with Crippen LogP contribution in [-0.2, 0) is 22.4 Å². The highest BCUT2D eigenvalue weighted by Crippen LogP contribution is 2.22. The Morgan fingerprint density at radius 1 is 1.14 bits per heavy atom. The summed E-state index contributed by atoms with van der Waals surface area (Å²) in [5.74, 6) is 5.59. The lowest BCUT2D eigenvalue weighted by Crippen LogP contribution is -2.32. The van der Waals surface area contributed by atoms with E-state index in [1.165, 1.54) is 0 Å². The number of ether oxygens (including phenoxy) is 2. The van der Waals surface area contributed by atoms with Gasteiger partial charge in [-0.1, -0.05) is 41.8 Å². The van der Waals surface area contributed by atoms with Crippen molar-refractivity contribution in [3.05, 3.63) is 64.2 Å². The molecule has 0 spiro atoms. The van der Waals surface area contributed by atoms with Crippen LogP contribution < -0.4 is 10.1 Å². The molecule has 1 amide bonds. The topological polar surface area (TPSA) is 47.6 Å². The van der Waals surface area contributed by atoms with Crippen molar-refractivity contribution in [3.63, 3.8) is 0 Å². The summed E-state index contributed by atoms with van der Waals surface area (Å²) >= 11 is 5.92. The number of carbonyl (C=O) groups excluding carboxylic acids is 1.